The van der Waals surface area contributed by atoms with Crippen molar-refractivity contribution in [2.75, 3.05) is 6.54 Å². The van der Waals surface area contributed by atoms with Gasteiger partial charge in [-0.2, -0.15) is 0 Å². The Bertz CT molecular complexity index is 195. The summed E-state index contributed by atoms with van der Waals surface area (Å²) in [7, 11) is 0. The standard InChI is InChI=1S/C12H21N/c1-2-3-6-11-9-5-10-13(11)12-7-4-8-12/h7,11H,2-6,8-10H2,1H3. The molecule has 1 atom stereocenters. The maximum absolute atomic E-state index is 2.68. The van der Waals surface area contributed by atoms with Crippen LogP contribution >= 0.6 is 0 Å². The first-order chi connectivity index (χ1) is 6.42. The Morgan fingerprint density at radius 2 is 2.38 bits per heavy atom. The molecule has 0 radical (unpaired) electrons. The Labute approximate surface area is 81.8 Å². The summed E-state index contributed by atoms with van der Waals surface area (Å²) in [4.78, 5) is 2.68. The van der Waals surface area contributed by atoms with Crippen molar-refractivity contribution in [1.29, 1.82) is 0 Å². The zero-order valence-corrected chi connectivity index (χ0v) is 8.76. The highest BCUT2D eigenvalue weighted by molar-refractivity contribution is 5.13. The van der Waals surface area contributed by atoms with Crippen LogP contribution in [0.2, 0.25) is 0 Å². The van der Waals surface area contributed by atoms with Crippen molar-refractivity contribution in [2.24, 2.45) is 0 Å². The summed E-state index contributed by atoms with van der Waals surface area (Å²) >= 11 is 0. The second-order valence-corrected chi connectivity index (χ2v) is 4.37. The lowest BCUT2D eigenvalue weighted by molar-refractivity contribution is 0.280. The molecule has 0 aromatic carbocycles. The second-order valence-electron chi connectivity index (χ2n) is 4.37. The molecule has 1 fully saturated rings. The zero-order chi connectivity index (χ0) is 9.10. The summed E-state index contributed by atoms with van der Waals surface area (Å²) in [5.74, 6) is 0. The molecule has 1 aliphatic carbocycles. The lowest BCUT2D eigenvalue weighted by Crippen LogP contribution is -2.30. The molecule has 1 heterocycles. The predicted molar refractivity (Wildman–Crippen MR) is 56.6 cm³/mol. The summed E-state index contributed by atoms with van der Waals surface area (Å²) in [5, 5.41) is 0. The first-order valence-corrected chi connectivity index (χ1v) is 5.87. The molecule has 2 rings (SSSR count). The van der Waals surface area contributed by atoms with Gasteiger partial charge < -0.3 is 4.90 Å². The molecule has 0 bridgehead atoms. The third-order valence-corrected chi connectivity index (χ3v) is 3.42. The van der Waals surface area contributed by atoms with Crippen molar-refractivity contribution in [3.05, 3.63) is 11.8 Å². The van der Waals surface area contributed by atoms with E-state index < -0.39 is 0 Å². The first kappa shape index (κ1) is 9.11. The Balaban J connectivity index is 1.86. The van der Waals surface area contributed by atoms with E-state index in [0.29, 0.717) is 0 Å². The molecule has 0 saturated carbocycles. The van der Waals surface area contributed by atoms with E-state index in [1.54, 1.807) is 5.70 Å². The third-order valence-electron chi connectivity index (χ3n) is 3.42. The van der Waals surface area contributed by atoms with Gasteiger partial charge in [-0.3, -0.25) is 0 Å². The van der Waals surface area contributed by atoms with Gasteiger partial charge in [-0.1, -0.05) is 25.8 Å². The van der Waals surface area contributed by atoms with Gasteiger partial charge in [0.1, 0.15) is 0 Å². The van der Waals surface area contributed by atoms with E-state index in [1.807, 2.05) is 0 Å². The lowest BCUT2D eigenvalue weighted by atomic mass is 10.0. The van der Waals surface area contributed by atoms with Crippen LogP contribution in [-0.2, 0) is 0 Å². The number of hydrogen-bond acceptors (Lipinski definition) is 1. The van der Waals surface area contributed by atoms with E-state index in [9.17, 15) is 0 Å². The van der Waals surface area contributed by atoms with Crippen LogP contribution in [0, 0.1) is 0 Å². The quantitative estimate of drug-likeness (QED) is 0.640. The number of unbranched alkanes of at least 4 members (excludes halogenated alkanes) is 1. The van der Waals surface area contributed by atoms with Crippen molar-refractivity contribution >= 4 is 0 Å². The zero-order valence-electron chi connectivity index (χ0n) is 8.76. The Hall–Kier alpha value is -0.460. The summed E-state index contributed by atoms with van der Waals surface area (Å²) in [6.45, 7) is 3.63. The van der Waals surface area contributed by atoms with Gasteiger partial charge in [0.2, 0.25) is 0 Å². The topological polar surface area (TPSA) is 3.24 Å². The maximum atomic E-state index is 2.68. The Kier molecular flexibility index (Phi) is 2.92. The molecule has 13 heavy (non-hydrogen) atoms. The number of likely N-dealkylation sites (tertiary alicyclic amines) is 1. The van der Waals surface area contributed by atoms with Crippen molar-refractivity contribution in [3.63, 3.8) is 0 Å². The fourth-order valence-corrected chi connectivity index (χ4v) is 2.49. The third kappa shape index (κ3) is 1.90. The monoisotopic (exact) mass is 179 g/mol. The lowest BCUT2D eigenvalue weighted by Gasteiger charge is -2.33. The fraction of sp³-hybridized carbons (Fsp3) is 0.833. The van der Waals surface area contributed by atoms with Crippen molar-refractivity contribution < 1.29 is 0 Å². The molecule has 0 aromatic heterocycles. The summed E-state index contributed by atoms with van der Waals surface area (Å²) in [5.41, 5.74) is 1.65. The number of rotatable bonds is 4. The number of hydrogen-bond donors (Lipinski definition) is 0. The average molecular weight is 179 g/mol. The van der Waals surface area contributed by atoms with Crippen molar-refractivity contribution in [2.45, 2.75) is 57.9 Å². The predicted octanol–water partition coefficient (Wildman–Crippen LogP) is 3.32. The van der Waals surface area contributed by atoms with Crippen LogP contribution in [0.15, 0.2) is 11.8 Å². The SMILES string of the molecule is CCCCC1CCCN1C1=CCC1. The molecule has 74 valence electrons. The summed E-state index contributed by atoms with van der Waals surface area (Å²) < 4.78 is 0. The van der Waals surface area contributed by atoms with Crippen LogP contribution < -0.4 is 0 Å². The highest BCUT2D eigenvalue weighted by Crippen LogP contribution is 2.32. The van der Waals surface area contributed by atoms with Crippen LogP contribution in [0.1, 0.15) is 51.9 Å². The van der Waals surface area contributed by atoms with E-state index in [0.717, 1.165) is 6.04 Å². The molecule has 0 spiro atoms. The van der Waals surface area contributed by atoms with Crippen LogP contribution in [0.4, 0.5) is 0 Å². The van der Waals surface area contributed by atoms with Crippen molar-refractivity contribution in [1.82, 2.24) is 4.90 Å². The number of nitrogens with zero attached hydrogens (tertiary/aromatic N) is 1. The van der Waals surface area contributed by atoms with E-state index in [1.165, 1.54) is 51.5 Å². The Morgan fingerprint density at radius 3 is 3.00 bits per heavy atom. The van der Waals surface area contributed by atoms with Gasteiger partial charge in [0.25, 0.3) is 0 Å². The molecule has 0 amide bonds. The molecule has 0 N–H and O–H groups in total. The highest BCUT2D eigenvalue weighted by Gasteiger charge is 2.26. The van der Waals surface area contributed by atoms with Gasteiger partial charge >= 0.3 is 0 Å². The van der Waals surface area contributed by atoms with Crippen LogP contribution in [-0.4, -0.2) is 17.5 Å². The van der Waals surface area contributed by atoms with Gasteiger partial charge in [-0.05, 0) is 32.1 Å². The van der Waals surface area contributed by atoms with Crippen LogP contribution in [0.5, 0.6) is 0 Å². The normalized spacial score (nSPS) is 27.3. The molecule has 1 saturated heterocycles. The molecular weight excluding hydrogens is 158 g/mol. The van der Waals surface area contributed by atoms with Crippen LogP contribution in [0.3, 0.4) is 0 Å². The minimum atomic E-state index is 0.895. The summed E-state index contributed by atoms with van der Waals surface area (Å²) in [6.07, 6.45) is 12.1. The van der Waals surface area contributed by atoms with Crippen LogP contribution in [0.25, 0.3) is 0 Å². The van der Waals surface area contributed by atoms with E-state index in [-0.39, 0.29) is 0 Å². The van der Waals surface area contributed by atoms with Gasteiger partial charge in [0.05, 0.1) is 0 Å². The molecule has 1 heteroatoms. The molecule has 1 aliphatic heterocycles. The van der Waals surface area contributed by atoms with Crippen molar-refractivity contribution in [3.8, 4) is 0 Å². The summed E-state index contributed by atoms with van der Waals surface area (Å²) in [6, 6.07) is 0.895. The maximum Gasteiger partial charge on any atom is 0.0287 e. The molecule has 2 aliphatic rings. The smallest absolute Gasteiger partial charge is 0.0287 e. The second kappa shape index (κ2) is 4.17. The average Bonchev–Trinajstić information content (AvgIpc) is 2.46. The molecular formula is C12H21N. The minimum absolute atomic E-state index is 0.895. The number of allylic oxidation sites excluding steroid dienone is 2. The van der Waals surface area contributed by atoms with Gasteiger partial charge in [-0.15, -0.1) is 0 Å². The van der Waals surface area contributed by atoms with E-state index in [4.69, 9.17) is 0 Å². The van der Waals surface area contributed by atoms with Gasteiger partial charge in [0, 0.05) is 18.3 Å². The highest BCUT2D eigenvalue weighted by atomic mass is 15.2. The van der Waals surface area contributed by atoms with Gasteiger partial charge in [0.15, 0.2) is 0 Å². The Morgan fingerprint density at radius 1 is 1.54 bits per heavy atom. The molecule has 0 aromatic rings. The van der Waals surface area contributed by atoms with E-state index in [2.05, 4.69) is 17.9 Å². The fourth-order valence-electron chi connectivity index (χ4n) is 2.49. The molecule has 1 nitrogen and oxygen atoms in total. The first-order valence-electron chi connectivity index (χ1n) is 5.87. The largest absolute Gasteiger partial charge is 0.372 e. The van der Waals surface area contributed by atoms with Gasteiger partial charge in [-0.25, -0.2) is 0 Å². The minimum Gasteiger partial charge on any atom is -0.372 e. The molecule has 1 unspecified atom stereocenters. The van der Waals surface area contributed by atoms with E-state index >= 15 is 0 Å².